The van der Waals surface area contributed by atoms with E-state index < -0.39 is 0 Å². The van der Waals surface area contributed by atoms with E-state index in [1.165, 1.54) is 0 Å². The molecule has 0 unspecified atom stereocenters. The number of fused-ring (bicyclic) bond motifs is 5. The molecule has 0 aliphatic carbocycles. The fourth-order valence-corrected chi connectivity index (χ4v) is 5.23. The summed E-state index contributed by atoms with van der Waals surface area (Å²) in [6.45, 7) is 5.29. The molecule has 1 fully saturated rings. The number of benzene rings is 1. The van der Waals surface area contributed by atoms with Gasteiger partial charge in [-0.1, -0.05) is 19.4 Å². The number of oxazole rings is 1. The van der Waals surface area contributed by atoms with Gasteiger partial charge >= 0.3 is 0 Å². The van der Waals surface area contributed by atoms with Gasteiger partial charge in [0.15, 0.2) is 11.5 Å². The van der Waals surface area contributed by atoms with Crippen molar-refractivity contribution in [2.45, 2.75) is 45.1 Å². The van der Waals surface area contributed by atoms with Crippen molar-refractivity contribution in [2.75, 3.05) is 13.1 Å². The van der Waals surface area contributed by atoms with Crippen LogP contribution in [0.25, 0.3) is 11.1 Å². The van der Waals surface area contributed by atoms with Gasteiger partial charge in [0.25, 0.3) is 11.5 Å². The molecule has 2 bridgehead atoms. The number of carbonyl (C=O) groups is 1. The fourth-order valence-electron chi connectivity index (χ4n) is 5.23. The standard InChI is InChI=1S/C23H25N3O3/c1-3-5-19-16-10-17(20-6-4-7-22(27)26(19)20)13-25(12-16)23(28)15-8-9-18-21(11-15)29-14(2)24-18/h4,6-9,11,16-17,19H,3,5,10,12-13H2,1-2H3/t16-,17+,19-/m0/s1. The molecule has 1 amide bonds. The lowest BCUT2D eigenvalue weighted by atomic mass is 9.77. The predicted octanol–water partition coefficient (Wildman–Crippen LogP) is 3.90. The summed E-state index contributed by atoms with van der Waals surface area (Å²) in [6, 6.07) is 11.2. The van der Waals surface area contributed by atoms with Crippen molar-refractivity contribution < 1.29 is 9.21 Å². The molecular weight excluding hydrogens is 366 g/mol. The lowest BCUT2D eigenvalue weighted by Crippen LogP contribution is -2.51. The normalized spacial score (nSPS) is 23.2. The highest BCUT2D eigenvalue weighted by atomic mass is 16.3. The van der Waals surface area contributed by atoms with Crippen molar-refractivity contribution in [3.63, 3.8) is 0 Å². The third kappa shape index (κ3) is 2.98. The van der Waals surface area contributed by atoms with Crippen LogP contribution >= 0.6 is 0 Å². The van der Waals surface area contributed by atoms with Crippen LogP contribution in [-0.4, -0.2) is 33.4 Å². The van der Waals surface area contributed by atoms with Crippen molar-refractivity contribution in [1.29, 1.82) is 0 Å². The smallest absolute Gasteiger partial charge is 0.254 e. The molecule has 3 aromatic rings. The molecular formula is C23H25N3O3. The molecule has 0 saturated carbocycles. The van der Waals surface area contributed by atoms with E-state index in [2.05, 4.69) is 18.0 Å². The molecule has 3 atom stereocenters. The van der Waals surface area contributed by atoms with Crippen LogP contribution in [-0.2, 0) is 0 Å². The number of carbonyl (C=O) groups excluding carboxylic acids is 1. The first-order valence-corrected chi connectivity index (χ1v) is 10.4. The third-order valence-corrected chi connectivity index (χ3v) is 6.41. The number of nitrogens with zero attached hydrogens (tertiary/aromatic N) is 3. The first-order valence-electron chi connectivity index (χ1n) is 10.4. The minimum Gasteiger partial charge on any atom is -0.441 e. The molecule has 150 valence electrons. The van der Waals surface area contributed by atoms with Gasteiger partial charge in [-0.15, -0.1) is 0 Å². The quantitative estimate of drug-likeness (QED) is 0.679. The van der Waals surface area contributed by atoms with Crippen LogP contribution in [0.15, 0.2) is 45.6 Å². The zero-order valence-electron chi connectivity index (χ0n) is 16.8. The Labute approximate surface area is 169 Å². The van der Waals surface area contributed by atoms with Crippen LogP contribution in [0.3, 0.4) is 0 Å². The second-order valence-electron chi connectivity index (χ2n) is 8.33. The Morgan fingerprint density at radius 2 is 2.10 bits per heavy atom. The van der Waals surface area contributed by atoms with Crippen LogP contribution in [0.4, 0.5) is 0 Å². The Balaban J connectivity index is 1.49. The van der Waals surface area contributed by atoms with E-state index in [0.29, 0.717) is 36.0 Å². The molecule has 0 N–H and O–H groups in total. The molecule has 4 heterocycles. The van der Waals surface area contributed by atoms with Crippen molar-refractivity contribution in [3.8, 4) is 0 Å². The molecule has 1 aromatic carbocycles. The maximum absolute atomic E-state index is 13.3. The molecule has 2 aliphatic heterocycles. The van der Waals surface area contributed by atoms with Crippen molar-refractivity contribution in [1.82, 2.24) is 14.5 Å². The number of rotatable bonds is 3. The Morgan fingerprint density at radius 1 is 1.24 bits per heavy atom. The highest BCUT2D eigenvalue weighted by Crippen LogP contribution is 2.43. The van der Waals surface area contributed by atoms with Gasteiger partial charge in [-0.2, -0.15) is 0 Å². The molecule has 29 heavy (non-hydrogen) atoms. The minimum atomic E-state index is 0.0256. The van der Waals surface area contributed by atoms with Crippen LogP contribution in [0.1, 0.15) is 60.1 Å². The summed E-state index contributed by atoms with van der Waals surface area (Å²) in [7, 11) is 0. The summed E-state index contributed by atoms with van der Waals surface area (Å²) >= 11 is 0. The van der Waals surface area contributed by atoms with E-state index in [1.807, 2.05) is 27.7 Å². The number of likely N-dealkylation sites (tertiary alicyclic amines) is 1. The maximum Gasteiger partial charge on any atom is 0.254 e. The van der Waals surface area contributed by atoms with Crippen molar-refractivity contribution in [2.24, 2.45) is 5.92 Å². The second kappa shape index (κ2) is 6.87. The number of aromatic nitrogens is 2. The summed E-state index contributed by atoms with van der Waals surface area (Å²) in [5.41, 5.74) is 3.20. The number of pyridine rings is 1. The summed E-state index contributed by atoms with van der Waals surface area (Å²) in [5.74, 6) is 1.14. The molecule has 0 radical (unpaired) electrons. The maximum atomic E-state index is 13.3. The van der Waals surface area contributed by atoms with Gasteiger partial charge in [-0.05, 0) is 43.0 Å². The van der Waals surface area contributed by atoms with E-state index in [9.17, 15) is 9.59 Å². The zero-order valence-corrected chi connectivity index (χ0v) is 16.8. The van der Waals surface area contributed by atoms with Crippen LogP contribution in [0.5, 0.6) is 0 Å². The van der Waals surface area contributed by atoms with Gasteiger partial charge in [0.05, 0.1) is 0 Å². The third-order valence-electron chi connectivity index (χ3n) is 6.41. The van der Waals surface area contributed by atoms with Crippen LogP contribution < -0.4 is 5.56 Å². The number of hydrogen-bond acceptors (Lipinski definition) is 4. The molecule has 1 saturated heterocycles. The predicted molar refractivity (Wildman–Crippen MR) is 110 cm³/mol. The van der Waals surface area contributed by atoms with Crippen LogP contribution in [0.2, 0.25) is 0 Å². The average Bonchev–Trinajstić information content (AvgIpc) is 3.09. The van der Waals surface area contributed by atoms with Gasteiger partial charge in [-0.25, -0.2) is 4.98 Å². The largest absolute Gasteiger partial charge is 0.441 e. The molecule has 2 aliphatic rings. The molecule has 5 rings (SSSR count). The molecule has 0 spiro atoms. The van der Waals surface area contributed by atoms with E-state index in [0.717, 1.165) is 30.5 Å². The first-order chi connectivity index (χ1) is 14.0. The number of hydrogen-bond donors (Lipinski definition) is 0. The first kappa shape index (κ1) is 18.2. The average molecular weight is 391 g/mol. The number of aryl methyl sites for hydroxylation is 1. The van der Waals surface area contributed by atoms with Crippen molar-refractivity contribution >= 4 is 17.0 Å². The van der Waals surface area contributed by atoms with Gasteiger partial charge in [0.1, 0.15) is 5.52 Å². The van der Waals surface area contributed by atoms with Gasteiger partial charge in [-0.3, -0.25) is 9.59 Å². The SMILES string of the molecule is CCC[C@H]1[C@H]2C[C@H](CN(C(=O)c3ccc4nc(C)oc4c3)C2)c2cccc(=O)n21. The highest BCUT2D eigenvalue weighted by molar-refractivity contribution is 5.97. The molecule has 6 nitrogen and oxygen atoms in total. The number of amides is 1. The summed E-state index contributed by atoms with van der Waals surface area (Å²) in [4.78, 5) is 32.2. The van der Waals surface area contributed by atoms with E-state index in [1.54, 1.807) is 19.1 Å². The van der Waals surface area contributed by atoms with Gasteiger partial charge in [0.2, 0.25) is 0 Å². The monoisotopic (exact) mass is 391 g/mol. The Morgan fingerprint density at radius 3 is 2.93 bits per heavy atom. The van der Waals surface area contributed by atoms with Crippen LogP contribution in [0, 0.1) is 12.8 Å². The Bertz CT molecular complexity index is 1150. The Hall–Kier alpha value is -2.89. The molecule has 6 heteroatoms. The summed E-state index contributed by atoms with van der Waals surface area (Å²) in [5, 5.41) is 0. The zero-order chi connectivity index (χ0) is 20.1. The lowest BCUT2D eigenvalue weighted by Gasteiger charge is -2.47. The Kier molecular flexibility index (Phi) is 4.30. The highest BCUT2D eigenvalue weighted by Gasteiger charge is 2.41. The number of piperidine rings is 1. The summed E-state index contributed by atoms with van der Waals surface area (Å²) < 4.78 is 7.62. The van der Waals surface area contributed by atoms with Gasteiger partial charge in [0, 0.05) is 49.3 Å². The van der Waals surface area contributed by atoms with E-state index in [-0.39, 0.29) is 23.4 Å². The second-order valence-corrected chi connectivity index (χ2v) is 8.33. The van der Waals surface area contributed by atoms with Gasteiger partial charge < -0.3 is 13.9 Å². The molecule has 2 aromatic heterocycles. The fraction of sp³-hybridized carbons (Fsp3) is 0.435. The van der Waals surface area contributed by atoms with Crippen molar-refractivity contribution in [3.05, 3.63) is 63.9 Å². The van der Waals surface area contributed by atoms with E-state index in [4.69, 9.17) is 4.42 Å². The van der Waals surface area contributed by atoms with E-state index >= 15 is 0 Å². The topological polar surface area (TPSA) is 68.3 Å². The summed E-state index contributed by atoms with van der Waals surface area (Å²) in [6.07, 6.45) is 3.01. The lowest BCUT2D eigenvalue weighted by molar-refractivity contribution is 0.0519. The minimum absolute atomic E-state index is 0.0256.